The highest BCUT2D eigenvalue weighted by atomic mass is 16.3. The lowest BCUT2D eigenvalue weighted by atomic mass is 9.92. The van der Waals surface area contributed by atoms with Gasteiger partial charge in [0.25, 0.3) is 0 Å². The van der Waals surface area contributed by atoms with Crippen molar-refractivity contribution in [3.05, 3.63) is 35.1 Å². The standard InChI is InChI=1S/C20H24N2O3/c1-12-5-6-15(20(21)24)10-22(12)19(23)9-16-11-25-18-8-14-4-2-3-13(14)7-17(16)18/h7-8,11-12,15H,2-6,9-10H2,1H3,(H2,21,24)/t12-,15+/m0/s1. The number of benzene rings is 1. The monoisotopic (exact) mass is 340 g/mol. The number of fused-ring (bicyclic) bond motifs is 2. The van der Waals surface area contributed by atoms with Crippen LogP contribution in [0.4, 0.5) is 0 Å². The molecule has 2 aromatic rings. The molecule has 5 nitrogen and oxygen atoms in total. The Hall–Kier alpha value is -2.30. The molecule has 0 spiro atoms. The molecule has 132 valence electrons. The number of nitrogens with two attached hydrogens (primary N) is 1. The average molecular weight is 340 g/mol. The third-order valence-electron chi connectivity index (χ3n) is 5.81. The van der Waals surface area contributed by atoms with Gasteiger partial charge < -0.3 is 15.1 Å². The maximum absolute atomic E-state index is 12.9. The van der Waals surface area contributed by atoms with E-state index in [1.54, 1.807) is 6.26 Å². The molecule has 2 atom stereocenters. The molecule has 0 bridgehead atoms. The van der Waals surface area contributed by atoms with Crippen molar-refractivity contribution in [2.45, 2.75) is 51.5 Å². The van der Waals surface area contributed by atoms with Crippen LogP contribution in [0.3, 0.4) is 0 Å². The predicted octanol–water partition coefficient (Wildman–Crippen LogP) is 2.58. The first-order valence-electron chi connectivity index (χ1n) is 9.13. The molecule has 4 rings (SSSR count). The quantitative estimate of drug-likeness (QED) is 0.933. The van der Waals surface area contributed by atoms with Gasteiger partial charge in [0.2, 0.25) is 11.8 Å². The van der Waals surface area contributed by atoms with Crippen LogP contribution in [0.25, 0.3) is 11.0 Å². The van der Waals surface area contributed by atoms with Crippen LogP contribution in [-0.4, -0.2) is 29.3 Å². The summed E-state index contributed by atoms with van der Waals surface area (Å²) in [5.41, 5.74) is 9.99. The lowest BCUT2D eigenvalue weighted by Crippen LogP contribution is -2.49. The molecular formula is C20H24N2O3. The molecule has 25 heavy (non-hydrogen) atoms. The van der Waals surface area contributed by atoms with E-state index < -0.39 is 0 Å². The number of likely N-dealkylation sites (tertiary alicyclic amines) is 1. The highest BCUT2D eigenvalue weighted by molar-refractivity contribution is 5.89. The number of aryl methyl sites for hydroxylation is 2. The topological polar surface area (TPSA) is 76.5 Å². The van der Waals surface area contributed by atoms with E-state index in [-0.39, 0.29) is 23.8 Å². The van der Waals surface area contributed by atoms with Gasteiger partial charge in [-0.05, 0) is 62.3 Å². The molecular weight excluding hydrogens is 316 g/mol. The molecule has 0 radical (unpaired) electrons. The molecule has 1 aromatic heterocycles. The number of primary amides is 1. The molecule has 5 heteroatoms. The number of carbonyl (C=O) groups is 2. The second-order valence-electron chi connectivity index (χ2n) is 7.48. The Morgan fingerprint density at radius 2 is 2.00 bits per heavy atom. The van der Waals surface area contributed by atoms with Crippen molar-refractivity contribution in [2.24, 2.45) is 11.7 Å². The Bertz CT molecular complexity index is 839. The minimum absolute atomic E-state index is 0.0432. The summed E-state index contributed by atoms with van der Waals surface area (Å²) in [6.45, 7) is 2.47. The van der Waals surface area contributed by atoms with Gasteiger partial charge in [0, 0.05) is 23.5 Å². The van der Waals surface area contributed by atoms with E-state index in [0.29, 0.717) is 13.0 Å². The number of carbonyl (C=O) groups excluding carboxylic acids is 2. The third kappa shape index (κ3) is 2.92. The van der Waals surface area contributed by atoms with Gasteiger partial charge in [-0.25, -0.2) is 0 Å². The fourth-order valence-electron chi connectivity index (χ4n) is 4.24. The van der Waals surface area contributed by atoms with E-state index in [0.717, 1.165) is 42.2 Å². The van der Waals surface area contributed by atoms with E-state index in [1.807, 2.05) is 11.8 Å². The van der Waals surface area contributed by atoms with Crippen LogP contribution in [0.1, 0.15) is 42.9 Å². The smallest absolute Gasteiger partial charge is 0.227 e. The summed E-state index contributed by atoms with van der Waals surface area (Å²) >= 11 is 0. The predicted molar refractivity (Wildman–Crippen MR) is 95.0 cm³/mol. The first-order chi connectivity index (χ1) is 12.0. The molecule has 0 unspecified atom stereocenters. The van der Waals surface area contributed by atoms with Gasteiger partial charge in [-0.3, -0.25) is 9.59 Å². The SMILES string of the molecule is C[C@H]1CC[C@@H](C(N)=O)CN1C(=O)Cc1coc2cc3c(cc12)CCC3. The summed E-state index contributed by atoms with van der Waals surface area (Å²) in [7, 11) is 0. The van der Waals surface area contributed by atoms with Crippen LogP contribution < -0.4 is 5.73 Å². The molecule has 2 amide bonds. The summed E-state index contributed by atoms with van der Waals surface area (Å²) in [5.74, 6) is -0.500. The minimum atomic E-state index is -0.311. The Morgan fingerprint density at radius 3 is 2.76 bits per heavy atom. The van der Waals surface area contributed by atoms with Gasteiger partial charge in [-0.2, -0.15) is 0 Å². The van der Waals surface area contributed by atoms with Crippen LogP contribution in [0.5, 0.6) is 0 Å². The van der Waals surface area contributed by atoms with Crippen molar-refractivity contribution in [1.82, 2.24) is 4.90 Å². The van der Waals surface area contributed by atoms with Gasteiger partial charge in [0.15, 0.2) is 0 Å². The third-order valence-corrected chi connectivity index (χ3v) is 5.81. The molecule has 1 saturated heterocycles. The highest BCUT2D eigenvalue weighted by Crippen LogP contribution is 2.31. The fourth-order valence-corrected chi connectivity index (χ4v) is 4.24. The number of hydrogen-bond donors (Lipinski definition) is 1. The van der Waals surface area contributed by atoms with E-state index in [4.69, 9.17) is 10.2 Å². The largest absolute Gasteiger partial charge is 0.464 e. The average Bonchev–Trinajstić information content (AvgIpc) is 3.19. The van der Waals surface area contributed by atoms with Gasteiger partial charge in [0.05, 0.1) is 18.6 Å². The second kappa shape index (κ2) is 6.21. The fraction of sp³-hybridized carbons (Fsp3) is 0.500. The van der Waals surface area contributed by atoms with Crippen molar-refractivity contribution < 1.29 is 14.0 Å². The first-order valence-corrected chi connectivity index (χ1v) is 9.13. The summed E-state index contributed by atoms with van der Waals surface area (Å²) in [4.78, 5) is 26.2. The van der Waals surface area contributed by atoms with Crippen LogP contribution in [0.15, 0.2) is 22.8 Å². The van der Waals surface area contributed by atoms with Crippen LogP contribution in [0.2, 0.25) is 0 Å². The molecule has 2 N–H and O–H groups in total. The van der Waals surface area contributed by atoms with Crippen molar-refractivity contribution in [3.63, 3.8) is 0 Å². The maximum atomic E-state index is 12.9. The van der Waals surface area contributed by atoms with Gasteiger partial charge in [-0.15, -0.1) is 0 Å². The van der Waals surface area contributed by atoms with Crippen molar-refractivity contribution >= 4 is 22.8 Å². The number of furan rings is 1. The normalized spacial score (nSPS) is 23.0. The van der Waals surface area contributed by atoms with E-state index >= 15 is 0 Å². The summed E-state index contributed by atoms with van der Waals surface area (Å²) in [5, 5.41) is 1.05. The minimum Gasteiger partial charge on any atom is -0.464 e. The van der Waals surface area contributed by atoms with Crippen LogP contribution in [0, 0.1) is 5.92 Å². The number of rotatable bonds is 3. The lowest BCUT2D eigenvalue weighted by Gasteiger charge is -2.37. The van der Waals surface area contributed by atoms with Crippen molar-refractivity contribution in [2.75, 3.05) is 6.54 Å². The summed E-state index contributed by atoms with van der Waals surface area (Å²) in [6, 6.07) is 4.46. The zero-order chi connectivity index (χ0) is 17.6. The Morgan fingerprint density at radius 1 is 1.24 bits per heavy atom. The van der Waals surface area contributed by atoms with Gasteiger partial charge in [-0.1, -0.05) is 0 Å². The number of piperidine rings is 1. The Balaban J connectivity index is 1.56. The molecule has 1 aromatic carbocycles. The van der Waals surface area contributed by atoms with Gasteiger partial charge >= 0.3 is 0 Å². The number of hydrogen-bond acceptors (Lipinski definition) is 3. The Labute approximate surface area is 147 Å². The molecule has 1 aliphatic heterocycles. The van der Waals surface area contributed by atoms with E-state index in [9.17, 15) is 9.59 Å². The van der Waals surface area contributed by atoms with Gasteiger partial charge in [0.1, 0.15) is 5.58 Å². The van der Waals surface area contributed by atoms with E-state index in [2.05, 4.69) is 12.1 Å². The summed E-state index contributed by atoms with van der Waals surface area (Å²) in [6.07, 6.45) is 7.00. The van der Waals surface area contributed by atoms with Crippen LogP contribution in [-0.2, 0) is 28.9 Å². The highest BCUT2D eigenvalue weighted by Gasteiger charge is 2.32. The zero-order valence-electron chi connectivity index (χ0n) is 14.6. The van der Waals surface area contributed by atoms with E-state index in [1.165, 1.54) is 17.5 Å². The first kappa shape index (κ1) is 16.2. The lowest BCUT2D eigenvalue weighted by molar-refractivity contribution is -0.136. The zero-order valence-corrected chi connectivity index (χ0v) is 14.6. The molecule has 0 saturated carbocycles. The second-order valence-corrected chi connectivity index (χ2v) is 7.48. The summed E-state index contributed by atoms with van der Waals surface area (Å²) < 4.78 is 5.70. The van der Waals surface area contributed by atoms with Crippen LogP contribution >= 0.6 is 0 Å². The number of amides is 2. The number of nitrogens with zero attached hydrogens (tertiary/aromatic N) is 1. The van der Waals surface area contributed by atoms with Crippen molar-refractivity contribution in [3.8, 4) is 0 Å². The molecule has 2 aliphatic rings. The molecule has 2 heterocycles. The maximum Gasteiger partial charge on any atom is 0.227 e. The molecule has 1 fully saturated rings. The van der Waals surface area contributed by atoms with Crippen molar-refractivity contribution in [1.29, 1.82) is 0 Å². The Kier molecular flexibility index (Phi) is 4.02. The molecule has 1 aliphatic carbocycles.